The van der Waals surface area contributed by atoms with Crippen LogP contribution < -0.4 is 10.6 Å². The maximum absolute atomic E-state index is 11.8. The number of hydrogen-bond donors (Lipinski definition) is 1. The molecule has 20 heavy (non-hydrogen) atoms. The molecule has 1 aliphatic heterocycles. The Morgan fingerprint density at radius 3 is 3.05 bits per heavy atom. The van der Waals surface area contributed by atoms with Crippen molar-refractivity contribution in [3.63, 3.8) is 0 Å². The molecule has 2 heterocycles. The second-order valence-corrected chi connectivity index (χ2v) is 6.27. The molecule has 0 radical (unpaired) electrons. The maximum atomic E-state index is 11.8. The summed E-state index contributed by atoms with van der Waals surface area (Å²) in [7, 11) is 0. The third-order valence-corrected chi connectivity index (χ3v) is 4.98. The van der Waals surface area contributed by atoms with Crippen molar-refractivity contribution in [2.24, 2.45) is 5.73 Å². The number of anilines is 1. The highest BCUT2D eigenvalue weighted by atomic mass is 35.5. The molecule has 0 saturated carbocycles. The van der Waals surface area contributed by atoms with Gasteiger partial charge in [0.05, 0.1) is 16.8 Å². The first-order valence-electron chi connectivity index (χ1n) is 5.84. The Kier molecular flexibility index (Phi) is 4.74. The van der Waals surface area contributed by atoms with Gasteiger partial charge in [-0.15, -0.1) is 23.7 Å². The second kappa shape index (κ2) is 6.17. The summed E-state index contributed by atoms with van der Waals surface area (Å²) in [6.45, 7) is 0.858. The van der Waals surface area contributed by atoms with Crippen LogP contribution in [0.15, 0.2) is 22.5 Å². The highest BCUT2D eigenvalue weighted by Crippen LogP contribution is 2.32. The van der Waals surface area contributed by atoms with Gasteiger partial charge in [0.25, 0.3) is 0 Å². The van der Waals surface area contributed by atoms with Gasteiger partial charge >= 0.3 is 6.09 Å². The number of thiazole rings is 1. The fraction of sp³-hybridized carbons (Fsp3) is 0.333. The number of thioether (sulfide) groups is 1. The maximum Gasteiger partial charge on any atom is 0.414 e. The number of amides is 1. The van der Waals surface area contributed by atoms with Crippen molar-refractivity contribution in [1.82, 2.24) is 4.98 Å². The van der Waals surface area contributed by atoms with Gasteiger partial charge in [-0.1, -0.05) is 11.8 Å². The average molecular weight is 332 g/mol. The predicted molar refractivity (Wildman–Crippen MR) is 85.3 cm³/mol. The molecule has 8 heteroatoms. The number of benzene rings is 1. The number of fused-ring (bicyclic) bond motifs is 1. The number of aromatic nitrogens is 1. The van der Waals surface area contributed by atoms with E-state index < -0.39 is 0 Å². The highest BCUT2D eigenvalue weighted by molar-refractivity contribution is 8.00. The van der Waals surface area contributed by atoms with Crippen molar-refractivity contribution in [2.45, 2.75) is 10.4 Å². The number of cyclic esters (lactones) is 1. The molecule has 3 rings (SSSR count). The lowest BCUT2D eigenvalue weighted by Gasteiger charge is -2.12. The molecule has 1 aliphatic rings. The molecule has 5 nitrogen and oxygen atoms in total. The normalized spacial score (nSPS) is 18.2. The van der Waals surface area contributed by atoms with Gasteiger partial charge in [0.1, 0.15) is 6.10 Å². The summed E-state index contributed by atoms with van der Waals surface area (Å²) in [5.41, 5.74) is 7.33. The van der Waals surface area contributed by atoms with E-state index in [2.05, 4.69) is 4.98 Å². The molecule has 0 bridgehead atoms. The molecule has 1 atom stereocenters. The number of ether oxygens (including phenoxy) is 1. The van der Waals surface area contributed by atoms with Crippen molar-refractivity contribution >= 4 is 57.5 Å². The van der Waals surface area contributed by atoms with E-state index in [1.165, 1.54) is 0 Å². The molecule has 2 aromatic rings. The molecule has 0 spiro atoms. The quantitative estimate of drug-likeness (QED) is 0.876. The summed E-state index contributed by atoms with van der Waals surface area (Å²) in [5, 5.41) is 0. The molecule has 1 fully saturated rings. The smallest absolute Gasteiger partial charge is 0.414 e. The minimum Gasteiger partial charge on any atom is -0.443 e. The van der Waals surface area contributed by atoms with Crippen LogP contribution in [0.25, 0.3) is 10.2 Å². The van der Waals surface area contributed by atoms with E-state index in [1.54, 1.807) is 28.0 Å². The standard InChI is InChI=1S/C12H13N3O2S2.ClH/c1-18-11-14-9-3-2-7(4-10(9)19-11)15-6-8(5-13)17-12(15)16;/h2-4,8H,5-6,13H2,1H3;1H/t8-;/m0./s1. The van der Waals surface area contributed by atoms with Gasteiger partial charge < -0.3 is 10.5 Å². The number of halogens is 1. The molecule has 1 saturated heterocycles. The van der Waals surface area contributed by atoms with E-state index in [1.807, 2.05) is 24.5 Å². The predicted octanol–water partition coefficient (Wildman–Crippen LogP) is 2.72. The first-order valence-corrected chi connectivity index (χ1v) is 7.88. The van der Waals surface area contributed by atoms with Gasteiger partial charge in [0.15, 0.2) is 4.34 Å². The van der Waals surface area contributed by atoms with Crippen LogP contribution >= 0.6 is 35.5 Å². The van der Waals surface area contributed by atoms with Gasteiger partial charge in [-0.2, -0.15) is 0 Å². The third kappa shape index (κ3) is 2.71. The number of nitrogens with two attached hydrogens (primary N) is 1. The molecule has 1 amide bonds. The lowest BCUT2D eigenvalue weighted by Crippen LogP contribution is -2.27. The molecule has 1 aromatic heterocycles. The van der Waals surface area contributed by atoms with Crippen LogP contribution in [0.5, 0.6) is 0 Å². The van der Waals surface area contributed by atoms with Crippen molar-refractivity contribution in [3.05, 3.63) is 18.2 Å². The number of nitrogens with zero attached hydrogens (tertiary/aromatic N) is 2. The Bertz CT molecular complexity index is 634. The Balaban J connectivity index is 0.00000147. The first kappa shape index (κ1) is 15.4. The van der Waals surface area contributed by atoms with Crippen LogP contribution in [-0.2, 0) is 4.74 Å². The fourth-order valence-corrected chi connectivity index (χ4v) is 3.52. The summed E-state index contributed by atoms with van der Waals surface area (Å²) in [6, 6.07) is 5.81. The Hall–Kier alpha value is -1.02. The van der Waals surface area contributed by atoms with Crippen LogP contribution in [0, 0.1) is 0 Å². The Morgan fingerprint density at radius 1 is 1.60 bits per heavy atom. The SMILES string of the molecule is CSc1nc2ccc(N3C[C@H](CN)OC3=O)cc2s1.Cl. The lowest BCUT2D eigenvalue weighted by molar-refractivity contribution is 0.145. The summed E-state index contributed by atoms with van der Waals surface area (Å²) >= 11 is 3.25. The topological polar surface area (TPSA) is 68.5 Å². The zero-order valence-electron chi connectivity index (χ0n) is 10.7. The number of carbonyl (C=O) groups is 1. The van der Waals surface area contributed by atoms with Crippen LogP contribution in [0.3, 0.4) is 0 Å². The summed E-state index contributed by atoms with van der Waals surface area (Å²) in [4.78, 5) is 17.9. The third-order valence-electron chi connectivity index (χ3n) is 2.98. The zero-order chi connectivity index (χ0) is 13.4. The molecule has 0 unspecified atom stereocenters. The Morgan fingerprint density at radius 2 is 2.40 bits per heavy atom. The number of rotatable bonds is 3. The first-order chi connectivity index (χ1) is 9.21. The summed E-state index contributed by atoms with van der Waals surface area (Å²) in [6.07, 6.45) is 1.46. The van der Waals surface area contributed by atoms with Crippen LogP contribution in [0.4, 0.5) is 10.5 Å². The minimum absolute atomic E-state index is 0. The van der Waals surface area contributed by atoms with Crippen LogP contribution in [0.1, 0.15) is 0 Å². The van der Waals surface area contributed by atoms with Gasteiger partial charge in [-0.05, 0) is 24.5 Å². The van der Waals surface area contributed by atoms with E-state index in [-0.39, 0.29) is 24.6 Å². The van der Waals surface area contributed by atoms with Crippen molar-refractivity contribution in [2.75, 3.05) is 24.2 Å². The van der Waals surface area contributed by atoms with Crippen molar-refractivity contribution < 1.29 is 9.53 Å². The van der Waals surface area contributed by atoms with Crippen molar-refractivity contribution in [3.8, 4) is 0 Å². The molecular weight excluding hydrogens is 318 g/mol. The second-order valence-electron chi connectivity index (χ2n) is 4.19. The molecule has 0 aliphatic carbocycles. The van der Waals surface area contributed by atoms with Gasteiger partial charge in [0, 0.05) is 12.2 Å². The van der Waals surface area contributed by atoms with Crippen molar-refractivity contribution in [1.29, 1.82) is 0 Å². The Labute approximate surface area is 130 Å². The zero-order valence-corrected chi connectivity index (χ0v) is 13.2. The molecule has 2 N–H and O–H groups in total. The molecular formula is C12H14ClN3O2S2. The van der Waals surface area contributed by atoms with E-state index in [0.29, 0.717) is 13.1 Å². The van der Waals surface area contributed by atoms with Crippen LogP contribution in [-0.4, -0.2) is 36.5 Å². The average Bonchev–Trinajstić information content (AvgIpc) is 3.00. The lowest BCUT2D eigenvalue weighted by atomic mass is 10.2. The minimum atomic E-state index is -0.329. The van der Waals surface area contributed by atoms with Gasteiger partial charge in [-0.3, -0.25) is 4.90 Å². The van der Waals surface area contributed by atoms with E-state index in [9.17, 15) is 4.79 Å². The number of carbonyl (C=O) groups excluding carboxylic acids is 1. The number of hydrogen-bond acceptors (Lipinski definition) is 6. The van der Waals surface area contributed by atoms with E-state index >= 15 is 0 Å². The molecule has 108 valence electrons. The fourth-order valence-electron chi connectivity index (χ4n) is 2.00. The summed E-state index contributed by atoms with van der Waals surface area (Å²) < 4.78 is 7.26. The highest BCUT2D eigenvalue weighted by Gasteiger charge is 2.31. The van der Waals surface area contributed by atoms with E-state index in [0.717, 1.165) is 20.2 Å². The monoisotopic (exact) mass is 331 g/mol. The summed E-state index contributed by atoms with van der Waals surface area (Å²) in [5.74, 6) is 0. The van der Waals surface area contributed by atoms with Gasteiger partial charge in [0.2, 0.25) is 0 Å². The largest absolute Gasteiger partial charge is 0.443 e. The van der Waals surface area contributed by atoms with Crippen LogP contribution in [0.2, 0.25) is 0 Å². The molecule has 1 aromatic carbocycles. The van der Waals surface area contributed by atoms with E-state index in [4.69, 9.17) is 10.5 Å². The van der Waals surface area contributed by atoms with Gasteiger partial charge in [-0.25, -0.2) is 9.78 Å².